The lowest BCUT2D eigenvalue weighted by Gasteiger charge is -2.73. The van der Waals surface area contributed by atoms with Crippen molar-refractivity contribution in [2.24, 2.45) is 0 Å². The number of hydrogen-bond acceptors (Lipinski definition) is 3. The first-order valence-electron chi connectivity index (χ1n) is 12.6. The molecular weight excluding hydrogens is 378 g/mol. The molecule has 0 radical (unpaired) electrons. The average molecular weight is 440 g/mol. The molecule has 0 aliphatic heterocycles. The van der Waals surface area contributed by atoms with Gasteiger partial charge in [-0.3, -0.25) is 14.7 Å². The van der Waals surface area contributed by atoms with Gasteiger partial charge in [0, 0.05) is 33.2 Å². The Bertz CT molecular complexity index is 441. The molecule has 0 unspecified atom stereocenters. The Morgan fingerprint density at radius 2 is 0.516 bits per heavy atom. The lowest BCUT2D eigenvalue weighted by molar-refractivity contribution is -0.310. The molecule has 0 aromatic carbocycles. The monoisotopic (exact) mass is 439 g/mol. The zero-order chi connectivity index (χ0) is 25.6. The summed E-state index contributed by atoms with van der Waals surface area (Å²) in [5, 5.41) is 0. The largest absolute Gasteiger partial charge is 0.263 e. The predicted octanol–water partition coefficient (Wildman–Crippen LogP) is 8.14. The van der Waals surface area contributed by atoms with E-state index in [1.807, 2.05) is 0 Å². The van der Waals surface area contributed by atoms with E-state index in [9.17, 15) is 0 Å². The standard InChI is InChI=1S/C28H61N3/c1-20-21-28(29(22(2,3)4)23(5,6)7,30(24(8,9)10)25(11,12)13)31(26(14,15)16)27(17,18)19/h20-21H2,1-19H3. The van der Waals surface area contributed by atoms with E-state index in [0.29, 0.717) is 0 Å². The highest BCUT2D eigenvalue weighted by atomic mass is 15.6. The van der Waals surface area contributed by atoms with Crippen LogP contribution in [0.15, 0.2) is 0 Å². The Morgan fingerprint density at radius 3 is 0.613 bits per heavy atom. The molecule has 0 spiro atoms. The zero-order valence-electron chi connectivity index (χ0n) is 25.3. The van der Waals surface area contributed by atoms with E-state index in [0.717, 1.165) is 12.8 Å². The molecule has 31 heavy (non-hydrogen) atoms. The number of nitrogens with zero attached hydrogens (tertiary/aromatic N) is 3. The van der Waals surface area contributed by atoms with E-state index in [1.165, 1.54) is 0 Å². The van der Waals surface area contributed by atoms with Crippen molar-refractivity contribution in [1.82, 2.24) is 14.7 Å². The highest BCUT2D eigenvalue weighted by Gasteiger charge is 2.62. The van der Waals surface area contributed by atoms with Crippen LogP contribution in [-0.4, -0.2) is 53.7 Å². The molecule has 188 valence electrons. The van der Waals surface area contributed by atoms with Crippen molar-refractivity contribution in [3.8, 4) is 0 Å². The van der Waals surface area contributed by atoms with Crippen LogP contribution in [0.3, 0.4) is 0 Å². The van der Waals surface area contributed by atoms with Crippen molar-refractivity contribution in [1.29, 1.82) is 0 Å². The van der Waals surface area contributed by atoms with Gasteiger partial charge in [-0.25, -0.2) is 0 Å². The van der Waals surface area contributed by atoms with Crippen molar-refractivity contribution < 1.29 is 0 Å². The Hall–Kier alpha value is -0.120. The van der Waals surface area contributed by atoms with Gasteiger partial charge in [0.2, 0.25) is 0 Å². The maximum atomic E-state index is 2.84. The Morgan fingerprint density at radius 1 is 0.355 bits per heavy atom. The van der Waals surface area contributed by atoms with Crippen molar-refractivity contribution in [3.63, 3.8) is 0 Å². The fourth-order valence-electron chi connectivity index (χ4n) is 7.21. The van der Waals surface area contributed by atoms with Gasteiger partial charge in [-0.2, -0.15) is 0 Å². The first-order valence-corrected chi connectivity index (χ1v) is 12.6. The molecule has 0 aliphatic rings. The first kappa shape index (κ1) is 30.9. The lowest BCUT2D eigenvalue weighted by Crippen LogP contribution is -2.85. The van der Waals surface area contributed by atoms with Crippen molar-refractivity contribution in [3.05, 3.63) is 0 Å². The molecule has 0 rings (SSSR count). The van der Waals surface area contributed by atoms with Crippen LogP contribution >= 0.6 is 0 Å². The molecule has 0 saturated carbocycles. The van der Waals surface area contributed by atoms with Crippen LogP contribution in [0.5, 0.6) is 0 Å². The summed E-state index contributed by atoms with van der Waals surface area (Å²) in [5.74, 6) is -0.293. The van der Waals surface area contributed by atoms with E-state index >= 15 is 0 Å². The molecule has 0 heterocycles. The molecule has 0 fully saturated rings. The van der Waals surface area contributed by atoms with Gasteiger partial charge < -0.3 is 0 Å². The summed E-state index contributed by atoms with van der Waals surface area (Å²) < 4.78 is 0. The van der Waals surface area contributed by atoms with E-state index in [-0.39, 0.29) is 39.0 Å². The highest BCUT2D eigenvalue weighted by Crippen LogP contribution is 2.51. The fraction of sp³-hybridized carbons (Fsp3) is 1.00. The second kappa shape index (κ2) is 8.91. The fourth-order valence-corrected chi connectivity index (χ4v) is 7.21. The predicted molar refractivity (Wildman–Crippen MR) is 142 cm³/mol. The zero-order valence-corrected chi connectivity index (χ0v) is 25.3. The molecule has 3 heteroatoms. The normalized spacial score (nSPS) is 16.1. The van der Waals surface area contributed by atoms with Crippen LogP contribution in [0.1, 0.15) is 144 Å². The van der Waals surface area contributed by atoms with Gasteiger partial charge in [-0.15, -0.1) is 0 Å². The van der Waals surface area contributed by atoms with E-state index in [4.69, 9.17) is 0 Å². The van der Waals surface area contributed by atoms with Crippen LogP contribution in [0.4, 0.5) is 0 Å². The van der Waals surface area contributed by atoms with E-state index in [1.54, 1.807) is 0 Å². The molecule has 3 nitrogen and oxygen atoms in total. The van der Waals surface area contributed by atoms with Crippen molar-refractivity contribution in [2.45, 2.75) is 183 Å². The maximum absolute atomic E-state index is 2.84. The quantitative estimate of drug-likeness (QED) is 0.400. The third-order valence-electron chi connectivity index (χ3n) is 5.68. The van der Waals surface area contributed by atoms with Crippen LogP contribution in [0.2, 0.25) is 0 Å². The third-order valence-corrected chi connectivity index (χ3v) is 5.68. The summed E-state index contributed by atoms with van der Waals surface area (Å²) in [6.07, 6.45) is 2.19. The summed E-state index contributed by atoms with van der Waals surface area (Å²) in [4.78, 5) is 8.51. The van der Waals surface area contributed by atoms with Crippen LogP contribution < -0.4 is 0 Å². The average Bonchev–Trinajstić information content (AvgIpc) is 2.25. The molecule has 0 N–H and O–H groups in total. The molecule has 0 amide bonds. The number of rotatable bonds is 5. The van der Waals surface area contributed by atoms with Gasteiger partial charge in [-0.1, -0.05) is 13.3 Å². The Labute approximate surface area is 198 Å². The van der Waals surface area contributed by atoms with E-state index in [2.05, 4.69) is 146 Å². The molecule has 0 aliphatic carbocycles. The Balaban J connectivity index is 8.09. The maximum Gasteiger partial charge on any atom is 0.133 e. The minimum atomic E-state index is -0.293. The summed E-state index contributed by atoms with van der Waals surface area (Å²) in [5.41, 5.74) is -0.185. The minimum absolute atomic E-state index is 0.0308. The summed E-state index contributed by atoms with van der Waals surface area (Å²) in [6.45, 7) is 45.5. The van der Waals surface area contributed by atoms with Gasteiger partial charge in [0.25, 0.3) is 0 Å². The Kier molecular flexibility index (Phi) is 8.88. The SMILES string of the molecule is CCCC(N(C(C)(C)C)C(C)(C)C)(N(C(C)(C)C)C(C)(C)C)N(C(C)(C)C)C(C)(C)C. The minimum Gasteiger partial charge on any atom is -0.263 e. The molecule has 0 bridgehead atoms. The van der Waals surface area contributed by atoms with Crippen LogP contribution in [-0.2, 0) is 0 Å². The summed E-state index contributed by atoms with van der Waals surface area (Å²) in [6, 6.07) is 0. The van der Waals surface area contributed by atoms with Crippen LogP contribution in [0.25, 0.3) is 0 Å². The summed E-state index contributed by atoms with van der Waals surface area (Å²) >= 11 is 0. The van der Waals surface area contributed by atoms with Gasteiger partial charge >= 0.3 is 0 Å². The van der Waals surface area contributed by atoms with Gasteiger partial charge in [0.05, 0.1) is 0 Å². The third kappa shape index (κ3) is 6.93. The second-order valence-corrected chi connectivity index (χ2v) is 15.6. The van der Waals surface area contributed by atoms with Gasteiger partial charge in [0.1, 0.15) is 5.79 Å². The van der Waals surface area contributed by atoms with Gasteiger partial charge in [-0.05, 0) is 131 Å². The van der Waals surface area contributed by atoms with Gasteiger partial charge in [0.15, 0.2) is 0 Å². The highest BCUT2D eigenvalue weighted by molar-refractivity contribution is 5.11. The van der Waals surface area contributed by atoms with Crippen molar-refractivity contribution in [2.75, 3.05) is 0 Å². The second-order valence-electron chi connectivity index (χ2n) is 15.6. The smallest absolute Gasteiger partial charge is 0.133 e. The molecule has 0 atom stereocenters. The molecule has 0 aromatic rings. The van der Waals surface area contributed by atoms with E-state index < -0.39 is 0 Å². The van der Waals surface area contributed by atoms with Crippen molar-refractivity contribution >= 4 is 0 Å². The first-order chi connectivity index (χ1) is 13.2. The summed E-state index contributed by atoms with van der Waals surface area (Å²) in [7, 11) is 0. The lowest BCUT2D eigenvalue weighted by atomic mass is 9.80. The number of hydrogen-bond donors (Lipinski definition) is 0. The topological polar surface area (TPSA) is 9.72 Å². The molecular formula is C28H61N3. The molecule has 0 saturated heterocycles. The molecule has 0 aromatic heterocycles. The van der Waals surface area contributed by atoms with Crippen LogP contribution in [0, 0.1) is 0 Å².